The fourth-order valence-electron chi connectivity index (χ4n) is 9.28. The quantitative estimate of drug-likeness (QED) is 0.432. The lowest BCUT2D eigenvalue weighted by Crippen LogP contribution is -2.60. The van der Waals surface area contributed by atoms with Gasteiger partial charge in [0.25, 0.3) is 0 Å². The highest BCUT2D eigenvalue weighted by Crippen LogP contribution is 2.70. The van der Waals surface area contributed by atoms with Crippen molar-refractivity contribution in [3.63, 3.8) is 0 Å². The molecule has 39 heavy (non-hydrogen) atoms. The van der Waals surface area contributed by atoms with Crippen LogP contribution in [0.4, 0.5) is 0 Å². The fourth-order valence-corrected chi connectivity index (χ4v) is 9.28. The number of fused-ring (bicyclic) bond motifs is 4. The average molecular weight is 547 g/mol. The highest BCUT2D eigenvalue weighted by atomic mass is 16.5. The Kier molecular flexibility index (Phi) is 7.39. The lowest BCUT2D eigenvalue weighted by atomic mass is 9.42. The van der Waals surface area contributed by atoms with Crippen molar-refractivity contribution in [1.82, 2.24) is 0 Å². The van der Waals surface area contributed by atoms with Gasteiger partial charge in [-0.2, -0.15) is 0 Å². The lowest BCUT2D eigenvalue weighted by Gasteiger charge is -2.61. The minimum atomic E-state index is -1.51. The summed E-state index contributed by atoms with van der Waals surface area (Å²) in [5, 5.41) is 32.9. The van der Waals surface area contributed by atoms with Gasteiger partial charge < -0.3 is 20.1 Å². The summed E-state index contributed by atoms with van der Waals surface area (Å²) in [6.07, 6.45) is -1.21. The van der Waals surface area contributed by atoms with Gasteiger partial charge in [0.05, 0.1) is 30.7 Å². The standard InChI is InChI=1S/C31H46O8/c1-15(11-19(33)26(37)16(2)27(38)39-8)17-12-23(36)31(7)25-18(32)13-21-28(3,4)22(35)9-10-29(21,5)24(25)20(34)14-30(17,31)6/h15-18,21-22,26,32,35,37H,9-14H2,1-8H3. The van der Waals surface area contributed by atoms with Crippen LogP contribution in [-0.4, -0.2) is 64.1 Å². The molecule has 2 saturated carbocycles. The van der Waals surface area contributed by atoms with Crippen LogP contribution in [0, 0.1) is 45.3 Å². The zero-order valence-corrected chi connectivity index (χ0v) is 24.7. The molecule has 0 aliphatic heterocycles. The predicted molar refractivity (Wildman–Crippen MR) is 143 cm³/mol. The van der Waals surface area contributed by atoms with Gasteiger partial charge in [0.2, 0.25) is 0 Å². The average Bonchev–Trinajstić information content (AvgIpc) is 3.07. The molecule has 4 aliphatic carbocycles. The lowest BCUT2D eigenvalue weighted by molar-refractivity contribution is -0.153. The van der Waals surface area contributed by atoms with E-state index in [9.17, 15) is 34.5 Å². The number of carbonyl (C=O) groups excluding carboxylic acids is 4. The Balaban J connectivity index is 1.72. The maximum atomic E-state index is 14.1. The molecule has 0 radical (unpaired) electrons. The summed E-state index contributed by atoms with van der Waals surface area (Å²) >= 11 is 0. The van der Waals surface area contributed by atoms with Crippen molar-refractivity contribution in [2.75, 3.05) is 7.11 Å². The van der Waals surface area contributed by atoms with Gasteiger partial charge in [-0.25, -0.2) is 0 Å². The molecule has 2 fully saturated rings. The second-order valence-electron chi connectivity index (χ2n) is 14.2. The molecule has 10 unspecified atom stereocenters. The van der Waals surface area contributed by atoms with Crippen molar-refractivity contribution in [3.05, 3.63) is 11.1 Å². The van der Waals surface area contributed by atoms with E-state index < -0.39 is 57.6 Å². The molecule has 0 aromatic carbocycles. The maximum Gasteiger partial charge on any atom is 0.311 e. The van der Waals surface area contributed by atoms with E-state index in [-0.39, 0.29) is 48.6 Å². The van der Waals surface area contributed by atoms with E-state index in [0.717, 1.165) is 0 Å². The highest BCUT2D eigenvalue weighted by Gasteiger charge is 2.70. The number of hydrogen-bond donors (Lipinski definition) is 3. The molecular weight excluding hydrogens is 500 g/mol. The van der Waals surface area contributed by atoms with E-state index in [0.29, 0.717) is 30.4 Å². The third-order valence-corrected chi connectivity index (χ3v) is 12.0. The fraction of sp³-hybridized carbons (Fsp3) is 0.806. The van der Waals surface area contributed by atoms with Crippen molar-refractivity contribution < 1.29 is 39.2 Å². The monoisotopic (exact) mass is 546 g/mol. The van der Waals surface area contributed by atoms with Crippen LogP contribution in [0.1, 0.15) is 87.0 Å². The first-order chi connectivity index (χ1) is 17.9. The summed E-state index contributed by atoms with van der Waals surface area (Å²) in [5.41, 5.74) is -1.78. The minimum Gasteiger partial charge on any atom is -0.469 e. The van der Waals surface area contributed by atoms with Crippen LogP contribution in [0.25, 0.3) is 0 Å². The van der Waals surface area contributed by atoms with E-state index in [1.54, 1.807) is 0 Å². The van der Waals surface area contributed by atoms with Gasteiger partial charge in [-0.3, -0.25) is 19.2 Å². The molecule has 0 aromatic rings. The summed E-state index contributed by atoms with van der Waals surface area (Å²) in [7, 11) is 1.20. The first-order valence-electron chi connectivity index (χ1n) is 14.4. The molecule has 0 heterocycles. The topological polar surface area (TPSA) is 138 Å². The molecule has 4 aliphatic rings. The zero-order chi connectivity index (χ0) is 29.5. The Labute approximate surface area is 231 Å². The number of Topliss-reactive ketones (excluding diaryl/α,β-unsaturated/α-hetero) is 3. The van der Waals surface area contributed by atoms with E-state index in [1.165, 1.54) is 14.0 Å². The van der Waals surface area contributed by atoms with E-state index in [1.807, 2.05) is 34.6 Å². The van der Waals surface area contributed by atoms with Crippen molar-refractivity contribution in [2.24, 2.45) is 45.3 Å². The second kappa shape index (κ2) is 9.59. The molecule has 218 valence electrons. The molecule has 0 bridgehead atoms. The summed E-state index contributed by atoms with van der Waals surface area (Å²) in [4.78, 5) is 52.9. The largest absolute Gasteiger partial charge is 0.469 e. The first-order valence-corrected chi connectivity index (χ1v) is 14.4. The molecule has 0 saturated heterocycles. The minimum absolute atomic E-state index is 0.0334. The Morgan fingerprint density at radius 1 is 1.08 bits per heavy atom. The number of aliphatic hydroxyl groups is 3. The molecule has 4 rings (SSSR count). The number of allylic oxidation sites excluding steroid dienone is 1. The van der Waals surface area contributed by atoms with Crippen molar-refractivity contribution >= 4 is 23.3 Å². The molecule has 3 N–H and O–H groups in total. The van der Waals surface area contributed by atoms with E-state index >= 15 is 0 Å². The van der Waals surface area contributed by atoms with Crippen LogP contribution in [0.15, 0.2) is 11.1 Å². The van der Waals surface area contributed by atoms with Gasteiger partial charge >= 0.3 is 5.97 Å². The molecule has 0 amide bonds. The summed E-state index contributed by atoms with van der Waals surface area (Å²) in [5.74, 6) is -3.03. The van der Waals surface area contributed by atoms with Gasteiger partial charge in [-0.15, -0.1) is 0 Å². The van der Waals surface area contributed by atoms with E-state index in [2.05, 4.69) is 11.7 Å². The van der Waals surface area contributed by atoms with Crippen molar-refractivity contribution in [1.29, 1.82) is 0 Å². The molecule has 10 atom stereocenters. The molecule has 8 nitrogen and oxygen atoms in total. The van der Waals surface area contributed by atoms with Crippen LogP contribution in [-0.2, 0) is 23.9 Å². The first kappa shape index (κ1) is 30.1. The van der Waals surface area contributed by atoms with Crippen molar-refractivity contribution in [3.8, 4) is 0 Å². The maximum absolute atomic E-state index is 14.1. The number of methoxy groups -OCH3 is 1. The third-order valence-electron chi connectivity index (χ3n) is 12.0. The zero-order valence-electron chi connectivity index (χ0n) is 24.7. The number of esters is 1. The number of carbonyl (C=O) groups is 4. The predicted octanol–water partition coefficient (Wildman–Crippen LogP) is 3.19. The summed E-state index contributed by atoms with van der Waals surface area (Å²) in [6, 6.07) is 0. The van der Waals surface area contributed by atoms with Gasteiger partial charge in [-0.1, -0.05) is 34.6 Å². The molecular formula is C31H46O8. The van der Waals surface area contributed by atoms with Crippen molar-refractivity contribution in [2.45, 2.75) is 105 Å². The molecule has 0 aromatic heterocycles. The third kappa shape index (κ3) is 4.03. The number of ether oxygens (including phenoxy) is 1. The van der Waals surface area contributed by atoms with Crippen LogP contribution in [0.5, 0.6) is 0 Å². The Hall–Kier alpha value is -1.90. The smallest absolute Gasteiger partial charge is 0.311 e. The van der Waals surface area contributed by atoms with Crippen LogP contribution >= 0.6 is 0 Å². The van der Waals surface area contributed by atoms with Gasteiger partial charge in [-0.05, 0) is 72.7 Å². The van der Waals surface area contributed by atoms with Crippen LogP contribution in [0.3, 0.4) is 0 Å². The normalized spacial score (nSPS) is 41.7. The SMILES string of the molecule is COC(=O)C(C)C(O)C(=O)CC(C)C1CC(=O)C2(C)C3=C(C(=O)CC12C)C1(C)CCC(O)C(C)(C)C1CC3O. The van der Waals surface area contributed by atoms with E-state index in [4.69, 9.17) is 0 Å². The number of hydrogen-bond acceptors (Lipinski definition) is 8. The Morgan fingerprint density at radius 3 is 2.28 bits per heavy atom. The van der Waals surface area contributed by atoms with Gasteiger partial charge in [0.1, 0.15) is 11.9 Å². The Bertz CT molecular complexity index is 1120. The van der Waals surface area contributed by atoms with Gasteiger partial charge in [0, 0.05) is 24.8 Å². The number of ketones is 3. The highest BCUT2D eigenvalue weighted by molar-refractivity contribution is 6.05. The Morgan fingerprint density at radius 2 is 1.69 bits per heavy atom. The van der Waals surface area contributed by atoms with Crippen LogP contribution in [0.2, 0.25) is 0 Å². The summed E-state index contributed by atoms with van der Waals surface area (Å²) in [6.45, 7) is 13.2. The van der Waals surface area contributed by atoms with Crippen LogP contribution < -0.4 is 0 Å². The molecule has 0 spiro atoms. The number of rotatable bonds is 6. The van der Waals surface area contributed by atoms with Gasteiger partial charge in [0.15, 0.2) is 11.6 Å². The summed E-state index contributed by atoms with van der Waals surface area (Å²) < 4.78 is 4.66. The second-order valence-corrected chi connectivity index (χ2v) is 14.2. The molecule has 8 heteroatoms. The number of aliphatic hydroxyl groups excluding tert-OH is 3.